The molecule has 4 rings (SSSR count). The van der Waals surface area contributed by atoms with Crippen LogP contribution in [0.1, 0.15) is 18.5 Å². The molecule has 0 radical (unpaired) electrons. The van der Waals surface area contributed by atoms with Crippen molar-refractivity contribution in [2.24, 2.45) is 5.92 Å². The molecule has 0 spiro atoms. The van der Waals surface area contributed by atoms with Crippen molar-refractivity contribution >= 4 is 17.5 Å². The summed E-state index contributed by atoms with van der Waals surface area (Å²) in [4.78, 5) is 28.5. The highest BCUT2D eigenvalue weighted by Crippen LogP contribution is 2.28. The van der Waals surface area contributed by atoms with Crippen LogP contribution in [0, 0.1) is 18.7 Å². The topological polar surface area (TPSA) is 75.6 Å². The first-order chi connectivity index (χ1) is 13.5. The van der Waals surface area contributed by atoms with E-state index in [9.17, 15) is 14.0 Å². The second-order valence-corrected chi connectivity index (χ2v) is 7.21. The van der Waals surface area contributed by atoms with Gasteiger partial charge in [0.15, 0.2) is 0 Å². The van der Waals surface area contributed by atoms with E-state index < -0.39 is 5.92 Å². The zero-order valence-electron chi connectivity index (χ0n) is 15.5. The molecule has 2 fully saturated rings. The number of rotatable bonds is 4. The molecular formula is C20H21FN4O3. The van der Waals surface area contributed by atoms with E-state index in [1.165, 1.54) is 12.1 Å². The van der Waals surface area contributed by atoms with Gasteiger partial charge in [0.25, 0.3) is 0 Å². The Hall–Kier alpha value is -3.03. The lowest BCUT2D eigenvalue weighted by atomic mass is 10.1. The van der Waals surface area contributed by atoms with Gasteiger partial charge in [0.1, 0.15) is 11.9 Å². The van der Waals surface area contributed by atoms with Crippen molar-refractivity contribution in [2.75, 3.05) is 24.5 Å². The first-order valence-electron chi connectivity index (χ1n) is 9.31. The normalized spacial score (nSPS) is 22.0. The molecule has 0 aliphatic carbocycles. The lowest BCUT2D eigenvalue weighted by Crippen LogP contribution is -2.37. The Bertz CT molecular complexity index is 872. The second-order valence-electron chi connectivity index (χ2n) is 7.21. The number of ether oxygens (including phenoxy) is 1. The van der Waals surface area contributed by atoms with Gasteiger partial charge < -0.3 is 14.5 Å². The van der Waals surface area contributed by atoms with Gasteiger partial charge in [-0.05, 0) is 37.3 Å². The number of aromatic nitrogens is 2. The average Bonchev–Trinajstić information content (AvgIpc) is 3.31. The van der Waals surface area contributed by atoms with Crippen molar-refractivity contribution in [3.63, 3.8) is 0 Å². The minimum atomic E-state index is -0.393. The van der Waals surface area contributed by atoms with Gasteiger partial charge in [-0.2, -0.15) is 5.10 Å². The van der Waals surface area contributed by atoms with E-state index in [0.717, 1.165) is 5.69 Å². The first kappa shape index (κ1) is 18.3. The third kappa shape index (κ3) is 3.81. The van der Waals surface area contributed by atoms with Crippen LogP contribution in [-0.4, -0.2) is 52.6 Å². The summed E-state index contributed by atoms with van der Waals surface area (Å²) in [6.07, 6.45) is 0.747. The smallest absolute Gasteiger partial charge is 0.233 e. The van der Waals surface area contributed by atoms with Gasteiger partial charge in [-0.3, -0.25) is 9.59 Å². The summed E-state index contributed by atoms with van der Waals surface area (Å²) in [5.74, 6) is -0.464. The average molecular weight is 384 g/mol. The molecule has 2 aromatic rings. The summed E-state index contributed by atoms with van der Waals surface area (Å²) < 4.78 is 18.9. The van der Waals surface area contributed by atoms with Gasteiger partial charge in [0.05, 0.1) is 18.2 Å². The standard InChI is InChI=1S/C20H21FN4O3/c1-13-2-7-18(23-22-13)28-17-8-9-24(12-17)20(27)14-10-19(26)25(11-14)16-5-3-15(21)4-6-16/h2-7,14,17H,8-12H2,1H3/t14-,17+/m0/s1. The van der Waals surface area contributed by atoms with Crippen molar-refractivity contribution in [3.8, 4) is 5.88 Å². The number of hydrogen-bond donors (Lipinski definition) is 0. The van der Waals surface area contributed by atoms with Crippen molar-refractivity contribution in [1.29, 1.82) is 0 Å². The maximum absolute atomic E-state index is 13.1. The molecule has 2 amide bonds. The molecule has 2 atom stereocenters. The first-order valence-corrected chi connectivity index (χ1v) is 9.31. The van der Waals surface area contributed by atoms with Gasteiger partial charge in [-0.25, -0.2) is 4.39 Å². The molecule has 7 nitrogen and oxygen atoms in total. The summed E-state index contributed by atoms with van der Waals surface area (Å²) in [5, 5.41) is 7.96. The van der Waals surface area contributed by atoms with Crippen molar-refractivity contribution in [1.82, 2.24) is 15.1 Å². The lowest BCUT2D eigenvalue weighted by molar-refractivity contribution is -0.135. The summed E-state index contributed by atoms with van der Waals surface area (Å²) in [5.41, 5.74) is 1.43. The zero-order valence-corrected chi connectivity index (χ0v) is 15.5. The number of aryl methyl sites for hydroxylation is 1. The van der Waals surface area contributed by atoms with Crippen LogP contribution in [0.2, 0.25) is 0 Å². The molecule has 0 saturated carbocycles. The third-order valence-electron chi connectivity index (χ3n) is 5.13. The van der Waals surface area contributed by atoms with Gasteiger partial charge >= 0.3 is 0 Å². The number of carbonyl (C=O) groups excluding carboxylic acids is 2. The van der Waals surface area contributed by atoms with Crippen LogP contribution in [0.4, 0.5) is 10.1 Å². The largest absolute Gasteiger partial charge is 0.471 e. The van der Waals surface area contributed by atoms with E-state index in [2.05, 4.69) is 10.2 Å². The number of carbonyl (C=O) groups is 2. The Balaban J connectivity index is 1.35. The Kier molecular flexibility index (Phi) is 4.93. The summed E-state index contributed by atoms with van der Waals surface area (Å²) in [7, 11) is 0. The van der Waals surface area contributed by atoms with Gasteiger partial charge in [0, 0.05) is 37.7 Å². The van der Waals surface area contributed by atoms with Crippen LogP contribution < -0.4 is 9.64 Å². The van der Waals surface area contributed by atoms with E-state index in [-0.39, 0.29) is 30.2 Å². The van der Waals surface area contributed by atoms with Crippen molar-refractivity contribution in [2.45, 2.75) is 25.9 Å². The van der Waals surface area contributed by atoms with Gasteiger partial charge in [-0.1, -0.05) is 0 Å². The molecule has 8 heteroatoms. The Labute approximate surface area is 162 Å². The SMILES string of the molecule is Cc1ccc(O[C@@H]2CCN(C(=O)[C@H]3CC(=O)N(c4ccc(F)cc4)C3)C2)nn1. The molecule has 146 valence electrons. The number of likely N-dealkylation sites (tertiary alicyclic amines) is 1. The van der Waals surface area contributed by atoms with E-state index in [4.69, 9.17) is 4.74 Å². The molecule has 2 aliphatic rings. The van der Waals surface area contributed by atoms with Crippen molar-refractivity contribution in [3.05, 3.63) is 47.9 Å². The van der Waals surface area contributed by atoms with E-state index in [1.54, 1.807) is 28.0 Å². The number of anilines is 1. The van der Waals surface area contributed by atoms with E-state index >= 15 is 0 Å². The van der Waals surface area contributed by atoms with Crippen LogP contribution in [-0.2, 0) is 9.59 Å². The van der Waals surface area contributed by atoms with Crippen molar-refractivity contribution < 1.29 is 18.7 Å². The molecular weight excluding hydrogens is 363 g/mol. The molecule has 0 bridgehead atoms. The minimum Gasteiger partial charge on any atom is -0.471 e. The van der Waals surface area contributed by atoms with Crippen LogP contribution in [0.3, 0.4) is 0 Å². The molecule has 1 aromatic carbocycles. The fourth-order valence-electron chi connectivity index (χ4n) is 3.65. The summed E-state index contributed by atoms with van der Waals surface area (Å²) in [6, 6.07) is 9.34. The van der Waals surface area contributed by atoms with Crippen LogP contribution in [0.15, 0.2) is 36.4 Å². The molecule has 0 N–H and O–H groups in total. The summed E-state index contributed by atoms with van der Waals surface area (Å²) >= 11 is 0. The molecule has 2 saturated heterocycles. The number of benzene rings is 1. The Morgan fingerprint density at radius 1 is 1.14 bits per heavy atom. The van der Waals surface area contributed by atoms with Crippen LogP contribution in [0.25, 0.3) is 0 Å². The highest BCUT2D eigenvalue weighted by atomic mass is 19.1. The quantitative estimate of drug-likeness (QED) is 0.806. The maximum Gasteiger partial charge on any atom is 0.233 e. The minimum absolute atomic E-state index is 0.0425. The molecule has 28 heavy (non-hydrogen) atoms. The highest BCUT2D eigenvalue weighted by molar-refractivity contribution is 6.00. The number of hydrogen-bond acceptors (Lipinski definition) is 5. The molecule has 1 aromatic heterocycles. The third-order valence-corrected chi connectivity index (χ3v) is 5.13. The highest BCUT2D eigenvalue weighted by Gasteiger charge is 2.39. The van der Waals surface area contributed by atoms with Gasteiger partial charge in [-0.15, -0.1) is 5.10 Å². The second kappa shape index (κ2) is 7.53. The maximum atomic E-state index is 13.1. The predicted octanol–water partition coefficient (Wildman–Crippen LogP) is 1.96. The Morgan fingerprint density at radius 2 is 1.93 bits per heavy atom. The number of nitrogens with zero attached hydrogens (tertiary/aromatic N) is 4. The monoisotopic (exact) mass is 384 g/mol. The molecule has 0 unspecified atom stereocenters. The Morgan fingerprint density at radius 3 is 2.64 bits per heavy atom. The van der Waals surface area contributed by atoms with E-state index in [0.29, 0.717) is 37.6 Å². The zero-order chi connectivity index (χ0) is 19.7. The number of amides is 2. The van der Waals surface area contributed by atoms with Gasteiger partial charge in [0.2, 0.25) is 17.7 Å². The van der Waals surface area contributed by atoms with E-state index in [1.807, 2.05) is 13.0 Å². The summed E-state index contributed by atoms with van der Waals surface area (Å²) in [6.45, 7) is 3.22. The van der Waals surface area contributed by atoms with Crippen LogP contribution >= 0.6 is 0 Å². The fraction of sp³-hybridized carbons (Fsp3) is 0.400. The predicted molar refractivity (Wildman–Crippen MR) is 99.2 cm³/mol. The van der Waals surface area contributed by atoms with Crippen LogP contribution in [0.5, 0.6) is 5.88 Å². The number of halogens is 1. The molecule has 2 aliphatic heterocycles. The fourth-order valence-corrected chi connectivity index (χ4v) is 3.65. The lowest BCUT2D eigenvalue weighted by Gasteiger charge is -2.21. The molecule has 3 heterocycles.